The van der Waals surface area contributed by atoms with Crippen molar-refractivity contribution in [2.75, 3.05) is 0 Å². The molecule has 3 heterocycles. The van der Waals surface area contributed by atoms with Gasteiger partial charge in [0.25, 0.3) is 11.9 Å². The van der Waals surface area contributed by atoms with Gasteiger partial charge in [0.2, 0.25) is 0 Å². The van der Waals surface area contributed by atoms with Crippen molar-refractivity contribution in [3.8, 4) is 17.2 Å². The number of rotatable bonds is 4. The number of nitrogens with zero attached hydrogens (tertiary/aromatic N) is 5. The van der Waals surface area contributed by atoms with Crippen molar-refractivity contribution in [1.29, 1.82) is 0 Å². The topological polar surface area (TPSA) is 85.6 Å². The average molecular weight is 417 g/mol. The maximum absolute atomic E-state index is 12.7. The van der Waals surface area contributed by atoms with E-state index in [1.165, 1.54) is 16.9 Å². The first-order valence-corrected chi connectivity index (χ1v) is 10.7. The fourth-order valence-corrected chi connectivity index (χ4v) is 4.43. The van der Waals surface area contributed by atoms with E-state index in [4.69, 9.17) is 4.98 Å². The van der Waals surface area contributed by atoms with Gasteiger partial charge in [-0.15, -0.1) is 11.3 Å². The Hall–Kier alpha value is -3.39. The summed E-state index contributed by atoms with van der Waals surface area (Å²) in [5.41, 5.74) is 6.69. The summed E-state index contributed by atoms with van der Waals surface area (Å²) in [6.45, 7) is 4.19. The molecule has 1 aliphatic carbocycles. The maximum atomic E-state index is 12.7. The largest absolute Gasteiger partial charge is 0.345 e. The Bertz CT molecular complexity index is 1260. The molecule has 0 fully saturated rings. The van der Waals surface area contributed by atoms with Crippen molar-refractivity contribution < 1.29 is 4.79 Å². The molecule has 150 valence electrons. The third kappa shape index (κ3) is 3.29. The van der Waals surface area contributed by atoms with Gasteiger partial charge in [-0.1, -0.05) is 24.3 Å². The van der Waals surface area contributed by atoms with Gasteiger partial charge in [0, 0.05) is 22.8 Å². The molecule has 0 spiro atoms. The molecule has 1 aromatic carbocycles. The molecule has 8 heteroatoms. The minimum absolute atomic E-state index is 0.185. The Kier molecular flexibility index (Phi) is 4.63. The maximum Gasteiger partial charge on any atom is 0.255 e. The quantitative estimate of drug-likeness (QED) is 0.551. The molecule has 7 nitrogen and oxygen atoms in total. The van der Waals surface area contributed by atoms with Crippen LogP contribution in [0.2, 0.25) is 0 Å². The number of hydrogen-bond donors (Lipinski definition) is 1. The lowest BCUT2D eigenvalue weighted by molar-refractivity contribution is 0.0950. The minimum Gasteiger partial charge on any atom is -0.345 e. The van der Waals surface area contributed by atoms with E-state index in [1.54, 1.807) is 10.9 Å². The smallest absolute Gasteiger partial charge is 0.255 e. The number of benzene rings is 1. The summed E-state index contributed by atoms with van der Waals surface area (Å²) in [6.07, 6.45) is 5.36. The molecule has 3 aromatic heterocycles. The van der Waals surface area contributed by atoms with Crippen LogP contribution < -0.4 is 5.32 Å². The fraction of sp³-hybridized carbons (Fsp3) is 0.227. The van der Waals surface area contributed by atoms with Crippen LogP contribution in [0.4, 0.5) is 0 Å². The van der Waals surface area contributed by atoms with E-state index in [2.05, 4.69) is 38.6 Å². The van der Waals surface area contributed by atoms with Gasteiger partial charge < -0.3 is 5.32 Å². The van der Waals surface area contributed by atoms with E-state index in [1.807, 2.05) is 31.5 Å². The molecule has 0 unspecified atom stereocenters. The summed E-state index contributed by atoms with van der Waals surface area (Å²) in [5, 5.41) is 10.1. The Balaban J connectivity index is 1.42. The first kappa shape index (κ1) is 18.6. The second kappa shape index (κ2) is 7.46. The zero-order chi connectivity index (χ0) is 20.7. The lowest BCUT2D eigenvalue weighted by Crippen LogP contribution is -2.23. The van der Waals surface area contributed by atoms with Crippen LogP contribution in [-0.4, -0.2) is 30.6 Å². The highest BCUT2D eigenvalue weighted by atomic mass is 32.1. The summed E-state index contributed by atoms with van der Waals surface area (Å²) < 4.78 is 1.62. The third-order valence-corrected chi connectivity index (χ3v) is 6.27. The molecule has 1 amide bonds. The van der Waals surface area contributed by atoms with Crippen molar-refractivity contribution in [3.05, 3.63) is 75.1 Å². The van der Waals surface area contributed by atoms with E-state index in [-0.39, 0.29) is 5.91 Å². The number of hydrogen-bond acceptors (Lipinski definition) is 6. The highest BCUT2D eigenvalue weighted by Crippen LogP contribution is 2.31. The Morgan fingerprint density at radius 3 is 2.80 bits per heavy atom. The normalized spacial score (nSPS) is 12.3. The predicted octanol–water partition coefficient (Wildman–Crippen LogP) is 3.43. The lowest BCUT2D eigenvalue weighted by Gasteiger charge is -2.18. The van der Waals surface area contributed by atoms with Gasteiger partial charge >= 0.3 is 0 Å². The highest BCUT2D eigenvalue weighted by molar-refractivity contribution is 7.09. The molecular weight excluding hydrogens is 396 g/mol. The van der Waals surface area contributed by atoms with Crippen molar-refractivity contribution >= 4 is 17.2 Å². The van der Waals surface area contributed by atoms with E-state index >= 15 is 0 Å². The van der Waals surface area contributed by atoms with Crippen molar-refractivity contribution in [1.82, 2.24) is 30.0 Å². The molecule has 1 aliphatic rings. The van der Waals surface area contributed by atoms with Crippen LogP contribution in [0.1, 0.15) is 37.9 Å². The first-order valence-electron chi connectivity index (χ1n) is 9.78. The number of carbonyl (C=O) groups is 1. The summed E-state index contributed by atoms with van der Waals surface area (Å²) in [4.78, 5) is 26.4. The van der Waals surface area contributed by atoms with Crippen LogP contribution in [0.3, 0.4) is 0 Å². The van der Waals surface area contributed by atoms with Crippen LogP contribution >= 0.6 is 11.3 Å². The molecule has 5 rings (SSSR count). The Morgan fingerprint density at radius 2 is 1.97 bits per heavy atom. The van der Waals surface area contributed by atoms with Gasteiger partial charge in [-0.3, -0.25) is 4.79 Å². The average Bonchev–Trinajstić information content (AvgIpc) is 3.37. The molecule has 0 bridgehead atoms. The molecule has 4 aromatic rings. The van der Waals surface area contributed by atoms with Gasteiger partial charge in [0.1, 0.15) is 5.01 Å². The van der Waals surface area contributed by atoms with E-state index in [0.29, 0.717) is 23.8 Å². The molecule has 1 N–H and O–H groups in total. The number of nitrogens with one attached hydrogen (secondary N) is 1. The van der Waals surface area contributed by atoms with E-state index in [9.17, 15) is 4.79 Å². The highest BCUT2D eigenvalue weighted by Gasteiger charge is 2.21. The summed E-state index contributed by atoms with van der Waals surface area (Å²) in [7, 11) is 0. The van der Waals surface area contributed by atoms with Gasteiger partial charge in [-0.05, 0) is 37.8 Å². The number of fused-ring (bicyclic) bond motifs is 3. The van der Waals surface area contributed by atoms with Gasteiger partial charge in [-0.2, -0.15) is 5.10 Å². The van der Waals surface area contributed by atoms with Gasteiger partial charge in [-0.25, -0.2) is 19.6 Å². The Labute approximate surface area is 177 Å². The van der Waals surface area contributed by atoms with Crippen LogP contribution in [0, 0.1) is 13.8 Å². The van der Waals surface area contributed by atoms with Crippen molar-refractivity contribution in [2.45, 2.75) is 33.2 Å². The summed E-state index contributed by atoms with van der Waals surface area (Å²) >= 11 is 1.53. The first-order chi connectivity index (χ1) is 14.6. The molecule has 0 saturated heterocycles. The number of aromatic nitrogens is 5. The number of amides is 1. The molecule has 0 radical (unpaired) electrons. The monoisotopic (exact) mass is 416 g/mol. The molecule has 30 heavy (non-hydrogen) atoms. The minimum atomic E-state index is -0.185. The Morgan fingerprint density at radius 1 is 1.13 bits per heavy atom. The standard InChI is InChI=1S/C22H20N6OS/c1-13-12-30-19(26-13)11-23-21(29)18-10-25-28(14(18)2)22-24-9-16-8-7-15-5-3-4-6-17(15)20(16)27-22/h3-6,9-10,12H,7-8,11H2,1-2H3,(H,23,29). The van der Waals surface area contributed by atoms with Crippen LogP contribution in [0.15, 0.2) is 42.0 Å². The zero-order valence-electron chi connectivity index (χ0n) is 16.7. The second-order valence-electron chi connectivity index (χ2n) is 7.32. The molecular formula is C22H20N6OS. The summed E-state index contributed by atoms with van der Waals surface area (Å²) in [5.74, 6) is 0.285. The number of aryl methyl sites for hydroxylation is 3. The van der Waals surface area contributed by atoms with Crippen LogP contribution in [0.5, 0.6) is 0 Å². The second-order valence-corrected chi connectivity index (χ2v) is 8.26. The van der Waals surface area contributed by atoms with E-state index < -0.39 is 0 Å². The third-order valence-electron chi connectivity index (χ3n) is 5.30. The molecule has 0 saturated carbocycles. The predicted molar refractivity (Wildman–Crippen MR) is 115 cm³/mol. The number of carbonyl (C=O) groups excluding carboxylic acids is 1. The van der Waals surface area contributed by atoms with Crippen LogP contribution in [0.25, 0.3) is 17.2 Å². The SMILES string of the molecule is Cc1csc(CNC(=O)c2cnn(-c3ncc4c(n3)-c3ccccc3CC4)c2C)n1. The zero-order valence-corrected chi connectivity index (χ0v) is 17.5. The number of thiazole rings is 1. The van der Waals surface area contributed by atoms with Crippen molar-refractivity contribution in [3.63, 3.8) is 0 Å². The van der Waals surface area contributed by atoms with E-state index in [0.717, 1.165) is 40.4 Å². The fourth-order valence-electron chi connectivity index (χ4n) is 3.72. The van der Waals surface area contributed by atoms with Gasteiger partial charge in [0.05, 0.1) is 29.7 Å². The molecule has 0 aliphatic heterocycles. The lowest BCUT2D eigenvalue weighted by atomic mass is 9.90. The van der Waals surface area contributed by atoms with Crippen LogP contribution in [-0.2, 0) is 19.4 Å². The molecule has 0 atom stereocenters. The summed E-state index contributed by atoms with van der Waals surface area (Å²) in [6, 6.07) is 8.33. The van der Waals surface area contributed by atoms with Crippen molar-refractivity contribution in [2.24, 2.45) is 0 Å². The van der Waals surface area contributed by atoms with Gasteiger partial charge in [0.15, 0.2) is 0 Å².